The van der Waals surface area contributed by atoms with E-state index < -0.39 is 24.4 Å². The van der Waals surface area contributed by atoms with Gasteiger partial charge < -0.3 is 19.9 Å². The second kappa shape index (κ2) is 10.2. The topological polar surface area (TPSA) is 79.0 Å². The third-order valence-corrected chi connectivity index (χ3v) is 4.36. The van der Waals surface area contributed by atoms with Crippen LogP contribution in [0.2, 0.25) is 0 Å². The molecule has 0 bridgehead atoms. The Kier molecular flexibility index (Phi) is 8.00. The SMILES string of the molecule is CCCN(Cc1ccc(C(=O)CNC(=O)C(F)(F)F)cc1)C(=O)N1CCOCC1. The molecular formula is C19H24F3N3O4. The van der Waals surface area contributed by atoms with E-state index in [9.17, 15) is 27.6 Å². The third kappa shape index (κ3) is 6.74. The maximum Gasteiger partial charge on any atom is 0.471 e. The van der Waals surface area contributed by atoms with Gasteiger partial charge in [0.25, 0.3) is 0 Å². The van der Waals surface area contributed by atoms with Crippen molar-refractivity contribution >= 4 is 17.7 Å². The van der Waals surface area contributed by atoms with Crippen molar-refractivity contribution in [2.75, 3.05) is 39.4 Å². The van der Waals surface area contributed by atoms with Gasteiger partial charge in [-0.3, -0.25) is 9.59 Å². The van der Waals surface area contributed by atoms with Crippen LogP contribution in [0.3, 0.4) is 0 Å². The van der Waals surface area contributed by atoms with E-state index in [0.717, 1.165) is 12.0 Å². The van der Waals surface area contributed by atoms with Gasteiger partial charge in [0.15, 0.2) is 5.78 Å². The van der Waals surface area contributed by atoms with Gasteiger partial charge in [0.2, 0.25) is 0 Å². The Morgan fingerprint density at radius 2 is 1.76 bits per heavy atom. The molecule has 1 aliphatic rings. The number of alkyl halides is 3. The molecule has 1 N–H and O–H groups in total. The monoisotopic (exact) mass is 415 g/mol. The first kappa shape index (κ1) is 22.7. The molecular weight excluding hydrogens is 391 g/mol. The molecule has 1 aromatic rings. The number of carbonyl (C=O) groups is 3. The summed E-state index contributed by atoms with van der Waals surface area (Å²) >= 11 is 0. The standard InChI is InChI=1S/C19H24F3N3O4/c1-2-7-25(18(28)24-8-10-29-11-9-24)13-14-3-5-15(6-4-14)16(26)12-23-17(27)19(20,21)22/h3-6H,2,7-13H2,1H3,(H,23,27). The Morgan fingerprint density at radius 1 is 1.14 bits per heavy atom. The fraction of sp³-hybridized carbons (Fsp3) is 0.526. The van der Waals surface area contributed by atoms with Gasteiger partial charge in [0, 0.05) is 31.7 Å². The molecule has 7 nitrogen and oxygen atoms in total. The van der Waals surface area contributed by atoms with Gasteiger partial charge >= 0.3 is 18.1 Å². The predicted octanol–water partition coefficient (Wildman–Crippen LogP) is 2.21. The molecule has 0 aromatic heterocycles. The summed E-state index contributed by atoms with van der Waals surface area (Å²) in [5.74, 6) is -2.79. The van der Waals surface area contributed by atoms with Crippen molar-refractivity contribution in [2.45, 2.75) is 26.1 Å². The minimum atomic E-state index is -5.03. The van der Waals surface area contributed by atoms with Gasteiger partial charge in [-0.25, -0.2) is 4.79 Å². The predicted molar refractivity (Wildman–Crippen MR) is 98.3 cm³/mol. The van der Waals surface area contributed by atoms with Crippen molar-refractivity contribution in [3.05, 3.63) is 35.4 Å². The average molecular weight is 415 g/mol. The second-order valence-corrected chi connectivity index (χ2v) is 6.60. The molecule has 29 heavy (non-hydrogen) atoms. The number of carbonyl (C=O) groups excluding carboxylic acids is 3. The highest BCUT2D eigenvalue weighted by atomic mass is 19.4. The molecule has 10 heteroatoms. The molecule has 0 spiro atoms. The van der Waals surface area contributed by atoms with E-state index in [1.54, 1.807) is 27.2 Å². The largest absolute Gasteiger partial charge is 0.471 e. The summed E-state index contributed by atoms with van der Waals surface area (Å²) in [7, 11) is 0. The van der Waals surface area contributed by atoms with Crippen LogP contribution in [-0.2, 0) is 16.1 Å². The number of hydrogen-bond acceptors (Lipinski definition) is 4. The van der Waals surface area contributed by atoms with Crippen LogP contribution in [0.4, 0.5) is 18.0 Å². The van der Waals surface area contributed by atoms with Gasteiger partial charge in [-0.15, -0.1) is 0 Å². The Hall–Kier alpha value is -2.62. The molecule has 0 saturated carbocycles. The second-order valence-electron chi connectivity index (χ2n) is 6.60. The number of nitrogens with one attached hydrogen (secondary N) is 1. The van der Waals surface area contributed by atoms with Gasteiger partial charge in [0.1, 0.15) is 0 Å². The number of ether oxygens (including phenoxy) is 1. The molecule has 0 aliphatic carbocycles. The number of rotatable bonds is 7. The molecule has 1 heterocycles. The van der Waals surface area contributed by atoms with Crippen molar-refractivity contribution in [1.29, 1.82) is 0 Å². The van der Waals surface area contributed by atoms with Crippen LogP contribution in [0, 0.1) is 0 Å². The van der Waals surface area contributed by atoms with Crippen LogP contribution in [0.1, 0.15) is 29.3 Å². The number of Topliss-reactive ketones (excluding diaryl/α,β-unsaturated/α-hetero) is 1. The summed E-state index contributed by atoms with van der Waals surface area (Å²) in [6.07, 6.45) is -4.24. The van der Waals surface area contributed by atoms with E-state index in [0.29, 0.717) is 39.4 Å². The van der Waals surface area contributed by atoms with Gasteiger partial charge in [-0.05, 0) is 12.0 Å². The summed E-state index contributed by atoms with van der Waals surface area (Å²) < 4.78 is 41.8. The zero-order chi connectivity index (χ0) is 21.4. The number of ketones is 1. The number of benzene rings is 1. The maximum absolute atomic E-state index is 12.7. The molecule has 160 valence electrons. The summed E-state index contributed by atoms with van der Waals surface area (Å²) in [5.41, 5.74) is 0.966. The van der Waals surface area contributed by atoms with Gasteiger partial charge in [-0.2, -0.15) is 13.2 Å². The van der Waals surface area contributed by atoms with Crippen molar-refractivity contribution < 1.29 is 32.3 Å². The maximum atomic E-state index is 12.7. The smallest absolute Gasteiger partial charge is 0.378 e. The van der Waals surface area contributed by atoms with Crippen molar-refractivity contribution in [3.63, 3.8) is 0 Å². The van der Waals surface area contributed by atoms with E-state index in [4.69, 9.17) is 4.74 Å². The lowest BCUT2D eigenvalue weighted by molar-refractivity contribution is -0.173. The van der Waals surface area contributed by atoms with E-state index in [1.165, 1.54) is 12.1 Å². The number of morpholine rings is 1. The first-order valence-corrected chi connectivity index (χ1v) is 9.31. The highest BCUT2D eigenvalue weighted by molar-refractivity contribution is 5.99. The lowest BCUT2D eigenvalue weighted by Crippen LogP contribution is -2.48. The third-order valence-electron chi connectivity index (χ3n) is 4.36. The average Bonchev–Trinajstić information content (AvgIpc) is 2.71. The first-order valence-electron chi connectivity index (χ1n) is 9.31. The van der Waals surface area contributed by atoms with Crippen LogP contribution in [-0.4, -0.2) is 73.1 Å². The minimum absolute atomic E-state index is 0.0786. The van der Waals surface area contributed by atoms with Gasteiger partial charge in [-0.1, -0.05) is 31.2 Å². The molecule has 0 atom stereocenters. The normalized spacial score (nSPS) is 14.4. The summed E-state index contributed by atoms with van der Waals surface area (Å²) in [4.78, 5) is 38.9. The molecule has 0 radical (unpaired) electrons. The van der Waals surface area contributed by atoms with Crippen molar-refractivity contribution in [2.24, 2.45) is 0 Å². The van der Waals surface area contributed by atoms with Crippen LogP contribution < -0.4 is 5.32 Å². The zero-order valence-electron chi connectivity index (χ0n) is 16.1. The highest BCUT2D eigenvalue weighted by Gasteiger charge is 2.38. The number of hydrogen-bond donors (Lipinski definition) is 1. The fourth-order valence-corrected chi connectivity index (χ4v) is 2.85. The molecule has 1 aliphatic heterocycles. The van der Waals surface area contributed by atoms with E-state index in [-0.39, 0.29) is 11.6 Å². The first-order chi connectivity index (χ1) is 13.7. The molecule has 1 fully saturated rings. The number of urea groups is 1. The molecule has 0 unspecified atom stereocenters. The highest BCUT2D eigenvalue weighted by Crippen LogP contribution is 2.15. The molecule has 3 amide bonds. The van der Waals surface area contributed by atoms with Crippen LogP contribution >= 0.6 is 0 Å². The Balaban J connectivity index is 1.95. The lowest BCUT2D eigenvalue weighted by atomic mass is 10.1. The lowest BCUT2D eigenvalue weighted by Gasteiger charge is -2.33. The molecule has 1 aromatic carbocycles. The van der Waals surface area contributed by atoms with E-state index >= 15 is 0 Å². The summed E-state index contributed by atoms with van der Waals surface area (Å²) in [6.45, 7) is 4.24. The van der Waals surface area contributed by atoms with Gasteiger partial charge in [0.05, 0.1) is 19.8 Å². The van der Waals surface area contributed by atoms with Crippen LogP contribution in [0.25, 0.3) is 0 Å². The molecule has 1 saturated heterocycles. The summed E-state index contributed by atoms with van der Waals surface area (Å²) in [6, 6.07) is 6.16. The van der Waals surface area contributed by atoms with Crippen molar-refractivity contribution in [3.8, 4) is 0 Å². The Bertz CT molecular complexity index is 716. The van der Waals surface area contributed by atoms with Crippen LogP contribution in [0.15, 0.2) is 24.3 Å². The van der Waals surface area contributed by atoms with Crippen LogP contribution in [0.5, 0.6) is 0 Å². The van der Waals surface area contributed by atoms with E-state index in [1.807, 2.05) is 6.92 Å². The minimum Gasteiger partial charge on any atom is -0.378 e. The summed E-state index contributed by atoms with van der Waals surface area (Å²) in [5, 5.41) is 1.55. The van der Waals surface area contributed by atoms with E-state index in [2.05, 4.69) is 0 Å². The fourth-order valence-electron chi connectivity index (χ4n) is 2.85. The quantitative estimate of drug-likeness (QED) is 0.693. The Labute approximate surface area is 166 Å². The number of halogens is 3. The Morgan fingerprint density at radius 3 is 2.31 bits per heavy atom. The number of amides is 3. The number of nitrogens with zero attached hydrogens (tertiary/aromatic N) is 2. The van der Waals surface area contributed by atoms with Crippen molar-refractivity contribution in [1.82, 2.24) is 15.1 Å². The zero-order valence-corrected chi connectivity index (χ0v) is 16.1. The molecule has 2 rings (SSSR count).